The molecule has 128 valence electrons. The standard InChI is InChI=1S/C14H8F5O4P.Na/c15-10-9(11(16)13(18)14(19)12(10)17)8(20)6-24(21,22)23-7-4-2-1-3-5-7;/h1-5H,6H2,(H,21,22);/q;+1/p-1. The van der Waals surface area contributed by atoms with Crippen LogP contribution in [0, 0.1) is 29.1 Å². The van der Waals surface area contributed by atoms with Gasteiger partial charge in [0.1, 0.15) is 5.75 Å². The van der Waals surface area contributed by atoms with E-state index in [0.717, 1.165) is 0 Å². The maximum absolute atomic E-state index is 13.5. The van der Waals surface area contributed by atoms with Crippen molar-refractivity contribution in [3.63, 3.8) is 0 Å². The number of carbonyl (C=O) groups excluding carboxylic acids is 1. The molecule has 0 N–H and O–H groups in total. The number of benzene rings is 2. The van der Waals surface area contributed by atoms with Crippen molar-refractivity contribution in [3.05, 3.63) is 65.0 Å². The van der Waals surface area contributed by atoms with Gasteiger partial charge in [-0.2, -0.15) is 0 Å². The molecule has 0 fully saturated rings. The molecule has 0 amide bonds. The average Bonchev–Trinajstić information content (AvgIpc) is 2.51. The Bertz CT molecular complexity index is 818. The van der Waals surface area contributed by atoms with Crippen molar-refractivity contribution in [2.24, 2.45) is 0 Å². The Morgan fingerprint density at radius 2 is 1.36 bits per heavy atom. The van der Waals surface area contributed by atoms with Crippen LogP contribution in [-0.4, -0.2) is 11.9 Å². The largest absolute Gasteiger partial charge is 1.00 e. The van der Waals surface area contributed by atoms with Crippen molar-refractivity contribution in [2.75, 3.05) is 6.16 Å². The number of Topliss-reactive ketones (excluding diaryl/α,β-unsaturated/α-hetero) is 1. The predicted octanol–water partition coefficient (Wildman–Crippen LogP) is 0.201. The SMILES string of the molecule is O=C(CP(=O)([O-])Oc1ccccc1)c1c(F)c(F)c(F)c(F)c1F.[Na+]. The molecule has 0 bridgehead atoms. The van der Waals surface area contributed by atoms with E-state index in [1.54, 1.807) is 6.07 Å². The van der Waals surface area contributed by atoms with Crippen LogP contribution in [-0.2, 0) is 4.57 Å². The molecule has 0 radical (unpaired) electrons. The predicted molar refractivity (Wildman–Crippen MR) is 70.1 cm³/mol. The van der Waals surface area contributed by atoms with Crippen LogP contribution in [0.5, 0.6) is 5.75 Å². The van der Waals surface area contributed by atoms with Gasteiger partial charge in [0, 0.05) is 0 Å². The van der Waals surface area contributed by atoms with Gasteiger partial charge in [-0.25, -0.2) is 22.0 Å². The van der Waals surface area contributed by atoms with Crippen LogP contribution >= 0.6 is 7.60 Å². The average molecular weight is 388 g/mol. The van der Waals surface area contributed by atoms with Gasteiger partial charge in [0.2, 0.25) is 5.82 Å². The fourth-order valence-corrected chi connectivity index (χ4v) is 2.80. The number of hydrogen-bond donors (Lipinski definition) is 0. The zero-order valence-electron chi connectivity index (χ0n) is 12.6. The van der Waals surface area contributed by atoms with Crippen molar-refractivity contribution in [1.29, 1.82) is 0 Å². The number of hydrogen-bond acceptors (Lipinski definition) is 4. The Balaban J connectivity index is 0.00000312. The topological polar surface area (TPSA) is 66.4 Å². The van der Waals surface area contributed by atoms with E-state index in [1.165, 1.54) is 24.3 Å². The first-order valence-electron chi connectivity index (χ1n) is 6.23. The van der Waals surface area contributed by atoms with Gasteiger partial charge in [-0.05, 0) is 12.1 Å². The Labute approximate surface area is 160 Å². The van der Waals surface area contributed by atoms with Crippen LogP contribution in [0.25, 0.3) is 0 Å². The molecule has 2 aromatic rings. The summed E-state index contributed by atoms with van der Waals surface area (Å²) in [7, 11) is -4.99. The number of rotatable bonds is 5. The van der Waals surface area contributed by atoms with E-state index in [2.05, 4.69) is 4.52 Å². The second-order valence-corrected chi connectivity index (χ2v) is 6.26. The molecule has 1 atom stereocenters. The van der Waals surface area contributed by atoms with Crippen molar-refractivity contribution < 1.29 is 70.3 Å². The zero-order chi connectivity index (χ0) is 18.1. The van der Waals surface area contributed by atoms with Crippen molar-refractivity contribution >= 4 is 13.4 Å². The molecular weight excluding hydrogens is 381 g/mol. The van der Waals surface area contributed by atoms with Gasteiger partial charge < -0.3 is 9.42 Å². The molecule has 0 saturated heterocycles. The summed E-state index contributed by atoms with van der Waals surface area (Å²) < 4.78 is 82.2. The van der Waals surface area contributed by atoms with E-state index in [1.807, 2.05) is 0 Å². The van der Waals surface area contributed by atoms with Crippen LogP contribution in [0.1, 0.15) is 10.4 Å². The third kappa shape index (κ3) is 4.89. The van der Waals surface area contributed by atoms with Crippen LogP contribution in [0.2, 0.25) is 0 Å². The van der Waals surface area contributed by atoms with Crippen LogP contribution in [0.3, 0.4) is 0 Å². The van der Waals surface area contributed by atoms with Gasteiger partial charge in [-0.3, -0.25) is 9.36 Å². The molecule has 0 aliphatic rings. The summed E-state index contributed by atoms with van der Waals surface area (Å²) in [6.07, 6.45) is -1.58. The van der Waals surface area contributed by atoms with Gasteiger partial charge in [-0.1, -0.05) is 18.2 Å². The van der Waals surface area contributed by atoms with Crippen LogP contribution < -0.4 is 39.0 Å². The van der Waals surface area contributed by atoms with Gasteiger partial charge in [-0.15, -0.1) is 0 Å². The Morgan fingerprint density at radius 1 is 0.920 bits per heavy atom. The quantitative estimate of drug-likeness (QED) is 0.183. The second kappa shape index (κ2) is 8.42. The van der Waals surface area contributed by atoms with Gasteiger partial charge in [0.05, 0.1) is 11.7 Å². The van der Waals surface area contributed by atoms with Gasteiger partial charge in [0.15, 0.2) is 36.6 Å². The van der Waals surface area contributed by atoms with Crippen LogP contribution in [0.15, 0.2) is 30.3 Å². The molecule has 25 heavy (non-hydrogen) atoms. The molecule has 0 aromatic heterocycles. The van der Waals surface area contributed by atoms with E-state index in [9.17, 15) is 36.2 Å². The van der Waals surface area contributed by atoms with E-state index in [-0.39, 0.29) is 35.3 Å². The minimum atomic E-state index is -4.99. The first-order valence-corrected chi connectivity index (χ1v) is 7.96. The summed E-state index contributed by atoms with van der Waals surface area (Å²) in [5.74, 6) is -14.0. The normalized spacial score (nSPS) is 12.9. The third-order valence-electron chi connectivity index (χ3n) is 2.81. The third-order valence-corrected chi connectivity index (χ3v) is 3.98. The molecule has 2 aromatic carbocycles. The van der Waals surface area contributed by atoms with Crippen molar-refractivity contribution in [2.45, 2.75) is 0 Å². The monoisotopic (exact) mass is 388 g/mol. The van der Waals surface area contributed by atoms with Crippen molar-refractivity contribution in [3.8, 4) is 5.75 Å². The Kier molecular flexibility index (Phi) is 7.34. The molecule has 0 heterocycles. The van der Waals surface area contributed by atoms with Crippen LogP contribution in [0.4, 0.5) is 22.0 Å². The van der Waals surface area contributed by atoms with Gasteiger partial charge >= 0.3 is 29.6 Å². The first-order chi connectivity index (χ1) is 11.1. The van der Waals surface area contributed by atoms with E-state index in [4.69, 9.17) is 0 Å². The summed E-state index contributed by atoms with van der Waals surface area (Å²) in [6, 6.07) is 6.84. The smallest absolute Gasteiger partial charge is 0.769 e. The maximum Gasteiger partial charge on any atom is 1.00 e. The summed E-state index contributed by atoms with van der Waals surface area (Å²) in [5, 5.41) is 0. The minimum absolute atomic E-state index is 0. The molecule has 2 rings (SSSR count). The second-order valence-electron chi connectivity index (χ2n) is 4.54. The first kappa shape index (κ1) is 21.8. The molecule has 0 aliphatic carbocycles. The van der Waals surface area contributed by atoms with Gasteiger partial charge in [0.25, 0.3) is 0 Å². The summed E-state index contributed by atoms with van der Waals surface area (Å²) in [6.45, 7) is 0. The summed E-state index contributed by atoms with van der Waals surface area (Å²) in [4.78, 5) is 23.4. The van der Waals surface area contributed by atoms with E-state index < -0.39 is 54.2 Å². The zero-order valence-corrected chi connectivity index (χ0v) is 15.5. The number of carbonyl (C=O) groups is 1. The minimum Gasteiger partial charge on any atom is -0.769 e. The molecule has 11 heteroatoms. The summed E-state index contributed by atoms with van der Waals surface area (Å²) in [5.41, 5.74) is -1.83. The fraction of sp³-hybridized carbons (Fsp3) is 0.0714. The molecular formula is C14H7F5NaO4P. The van der Waals surface area contributed by atoms with E-state index in [0.29, 0.717) is 0 Å². The molecule has 0 saturated carbocycles. The molecule has 0 spiro atoms. The number of ketones is 1. The Hall–Kier alpha value is -1.25. The molecule has 4 nitrogen and oxygen atoms in total. The Morgan fingerprint density at radius 3 is 1.84 bits per heavy atom. The molecule has 0 aliphatic heterocycles. The number of halogens is 5. The van der Waals surface area contributed by atoms with Crippen molar-refractivity contribution in [1.82, 2.24) is 0 Å². The van der Waals surface area contributed by atoms with E-state index >= 15 is 0 Å². The maximum atomic E-state index is 13.5. The fourth-order valence-electron chi connectivity index (χ4n) is 1.78. The molecule has 1 unspecified atom stereocenters. The number of para-hydroxylation sites is 1. The summed E-state index contributed by atoms with van der Waals surface area (Å²) >= 11 is 0.